The number of rotatable bonds is 16. The average Bonchev–Trinajstić information content (AvgIpc) is 2.69. The number of ether oxygens (including phenoxy) is 1. The number of carbonyl (C=O) groups is 2. The van der Waals surface area contributed by atoms with Crippen LogP contribution in [0.1, 0.15) is 117 Å². The molecule has 0 heterocycles. The Labute approximate surface area is 170 Å². The van der Waals surface area contributed by atoms with E-state index in [0.29, 0.717) is 13.0 Å². The van der Waals surface area contributed by atoms with Gasteiger partial charge in [0, 0.05) is 0 Å². The molecule has 1 aromatic carbocycles. The van der Waals surface area contributed by atoms with Crippen molar-refractivity contribution in [3.63, 3.8) is 0 Å². The van der Waals surface area contributed by atoms with Gasteiger partial charge in [0.05, 0.1) is 17.7 Å². The van der Waals surface area contributed by atoms with Crippen molar-refractivity contribution < 1.29 is 19.4 Å². The third kappa shape index (κ3) is 9.38. The average molecular weight is 391 g/mol. The van der Waals surface area contributed by atoms with Gasteiger partial charge in [-0.25, -0.2) is 9.59 Å². The molecule has 0 spiro atoms. The van der Waals surface area contributed by atoms with E-state index >= 15 is 0 Å². The molecule has 0 atom stereocenters. The highest BCUT2D eigenvalue weighted by Crippen LogP contribution is 2.20. The first-order valence-electron chi connectivity index (χ1n) is 11.1. The van der Waals surface area contributed by atoms with E-state index in [1.165, 1.54) is 51.0 Å². The maximum atomic E-state index is 12.6. The Morgan fingerprint density at radius 3 is 2.00 bits per heavy atom. The van der Waals surface area contributed by atoms with Crippen molar-refractivity contribution in [2.45, 2.75) is 97.3 Å². The van der Waals surface area contributed by atoms with Crippen LogP contribution in [0, 0.1) is 0 Å². The molecule has 1 aromatic rings. The molecule has 0 amide bonds. The van der Waals surface area contributed by atoms with Crippen molar-refractivity contribution in [1.82, 2.24) is 0 Å². The standard InChI is InChI=1S/C24H38O4/c1-3-5-7-9-11-13-16-20-17-15-18-21(23(25)26)22(20)24(27)28-19-14-12-10-8-6-4-2/h15,17-18H,3-14,16,19H2,1-2H3,(H,25,26). The van der Waals surface area contributed by atoms with Crippen LogP contribution in [0.5, 0.6) is 0 Å². The maximum absolute atomic E-state index is 12.6. The zero-order valence-electron chi connectivity index (χ0n) is 17.8. The minimum atomic E-state index is -1.07. The lowest BCUT2D eigenvalue weighted by molar-refractivity contribution is 0.0486. The fourth-order valence-corrected chi connectivity index (χ4v) is 3.44. The molecule has 1 N–H and O–H groups in total. The van der Waals surface area contributed by atoms with Gasteiger partial charge in [-0.05, 0) is 30.9 Å². The highest BCUT2D eigenvalue weighted by Gasteiger charge is 2.21. The fraction of sp³-hybridized carbons (Fsp3) is 0.667. The first-order valence-corrected chi connectivity index (χ1v) is 11.1. The lowest BCUT2D eigenvalue weighted by Gasteiger charge is -2.12. The number of hydrogen-bond acceptors (Lipinski definition) is 3. The molecule has 0 aliphatic heterocycles. The van der Waals surface area contributed by atoms with E-state index in [2.05, 4.69) is 13.8 Å². The molecule has 1 rings (SSSR count). The molecule has 0 fully saturated rings. The van der Waals surface area contributed by atoms with Gasteiger partial charge in [-0.1, -0.05) is 90.2 Å². The quantitative estimate of drug-likeness (QED) is 0.249. The minimum absolute atomic E-state index is 0.0522. The molecule has 0 saturated heterocycles. The van der Waals surface area contributed by atoms with Crippen LogP contribution in [-0.2, 0) is 11.2 Å². The van der Waals surface area contributed by atoms with E-state index in [9.17, 15) is 14.7 Å². The van der Waals surface area contributed by atoms with E-state index in [0.717, 1.165) is 37.7 Å². The smallest absolute Gasteiger partial charge is 0.339 e. The fourth-order valence-electron chi connectivity index (χ4n) is 3.44. The lowest BCUT2D eigenvalue weighted by atomic mass is 9.96. The third-order valence-corrected chi connectivity index (χ3v) is 5.12. The molecule has 158 valence electrons. The van der Waals surface area contributed by atoms with Gasteiger partial charge in [-0.3, -0.25) is 0 Å². The molecule has 4 heteroatoms. The topological polar surface area (TPSA) is 63.6 Å². The minimum Gasteiger partial charge on any atom is -0.478 e. The van der Waals surface area contributed by atoms with E-state index < -0.39 is 11.9 Å². The predicted molar refractivity (Wildman–Crippen MR) is 114 cm³/mol. The summed E-state index contributed by atoms with van der Waals surface area (Å²) in [5.41, 5.74) is 1.09. The summed E-state index contributed by atoms with van der Waals surface area (Å²) in [7, 11) is 0. The van der Waals surface area contributed by atoms with Crippen LogP contribution in [-0.4, -0.2) is 23.7 Å². The Morgan fingerprint density at radius 1 is 0.821 bits per heavy atom. The van der Waals surface area contributed by atoms with Crippen LogP contribution in [0.4, 0.5) is 0 Å². The normalized spacial score (nSPS) is 10.8. The second-order valence-electron chi connectivity index (χ2n) is 7.57. The van der Waals surface area contributed by atoms with Crippen molar-refractivity contribution in [1.29, 1.82) is 0 Å². The summed E-state index contributed by atoms with van der Waals surface area (Å²) in [6.45, 7) is 4.74. The van der Waals surface area contributed by atoms with Crippen molar-refractivity contribution in [2.24, 2.45) is 0 Å². The Hall–Kier alpha value is -1.84. The molecule has 0 aliphatic rings. The second-order valence-corrected chi connectivity index (χ2v) is 7.57. The molecule has 0 radical (unpaired) electrons. The van der Waals surface area contributed by atoms with Crippen LogP contribution < -0.4 is 0 Å². The van der Waals surface area contributed by atoms with Gasteiger partial charge in [0.2, 0.25) is 0 Å². The van der Waals surface area contributed by atoms with Crippen molar-refractivity contribution in [2.75, 3.05) is 6.61 Å². The molecule has 0 aromatic heterocycles. The number of aryl methyl sites for hydroxylation is 1. The first-order chi connectivity index (χ1) is 13.6. The molecule has 0 unspecified atom stereocenters. The van der Waals surface area contributed by atoms with Gasteiger partial charge in [-0.15, -0.1) is 0 Å². The van der Waals surface area contributed by atoms with Gasteiger partial charge in [-0.2, -0.15) is 0 Å². The largest absolute Gasteiger partial charge is 0.478 e. The Bertz CT molecular complexity index is 580. The highest BCUT2D eigenvalue weighted by atomic mass is 16.5. The molecular weight excluding hydrogens is 352 g/mol. The van der Waals surface area contributed by atoms with Gasteiger partial charge in [0.25, 0.3) is 0 Å². The van der Waals surface area contributed by atoms with Gasteiger partial charge < -0.3 is 9.84 Å². The zero-order chi connectivity index (χ0) is 20.6. The van der Waals surface area contributed by atoms with Crippen molar-refractivity contribution in [3.05, 3.63) is 34.9 Å². The number of aromatic carboxylic acids is 1. The van der Waals surface area contributed by atoms with Crippen LogP contribution in [0.2, 0.25) is 0 Å². The van der Waals surface area contributed by atoms with Gasteiger partial charge >= 0.3 is 11.9 Å². The number of unbranched alkanes of at least 4 members (excludes halogenated alkanes) is 10. The van der Waals surface area contributed by atoms with Gasteiger partial charge in [0.1, 0.15) is 0 Å². The molecular formula is C24H38O4. The highest BCUT2D eigenvalue weighted by molar-refractivity contribution is 6.03. The lowest BCUT2D eigenvalue weighted by Crippen LogP contribution is -2.15. The van der Waals surface area contributed by atoms with Crippen LogP contribution >= 0.6 is 0 Å². The van der Waals surface area contributed by atoms with Crippen LogP contribution in [0.15, 0.2) is 18.2 Å². The van der Waals surface area contributed by atoms with Crippen LogP contribution in [0.3, 0.4) is 0 Å². The van der Waals surface area contributed by atoms with E-state index in [4.69, 9.17) is 4.74 Å². The van der Waals surface area contributed by atoms with E-state index in [1.54, 1.807) is 6.07 Å². The second kappa shape index (κ2) is 15.1. The van der Waals surface area contributed by atoms with Gasteiger partial charge in [0.15, 0.2) is 0 Å². The summed E-state index contributed by atoms with van der Waals surface area (Å²) in [4.78, 5) is 24.2. The monoisotopic (exact) mass is 390 g/mol. The number of carbonyl (C=O) groups excluding carboxylic acids is 1. The van der Waals surface area contributed by atoms with E-state index in [-0.39, 0.29) is 11.1 Å². The summed E-state index contributed by atoms with van der Waals surface area (Å²) in [5, 5.41) is 9.49. The summed E-state index contributed by atoms with van der Waals surface area (Å²) in [5.74, 6) is -1.57. The summed E-state index contributed by atoms with van der Waals surface area (Å²) >= 11 is 0. The molecule has 0 bridgehead atoms. The number of hydrogen-bond donors (Lipinski definition) is 1. The number of carboxylic acids is 1. The molecule has 0 saturated carbocycles. The van der Waals surface area contributed by atoms with Crippen molar-refractivity contribution in [3.8, 4) is 0 Å². The summed E-state index contributed by atoms with van der Waals surface area (Å²) < 4.78 is 5.42. The Morgan fingerprint density at radius 2 is 1.39 bits per heavy atom. The molecule has 0 aliphatic carbocycles. The third-order valence-electron chi connectivity index (χ3n) is 5.12. The Kier molecular flexibility index (Phi) is 13.1. The summed E-state index contributed by atoms with van der Waals surface area (Å²) in [6.07, 6.45) is 14.4. The van der Waals surface area contributed by atoms with Crippen molar-refractivity contribution >= 4 is 11.9 Å². The van der Waals surface area contributed by atoms with Crippen LogP contribution in [0.25, 0.3) is 0 Å². The number of esters is 1. The molecule has 28 heavy (non-hydrogen) atoms. The Balaban J connectivity index is 2.60. The maximum Gasteiger partial charge on any atom is 0.339 e. The number of carboxylic acid groups (broad SMARTS) is 1. The predicted octanol–water partition coefficient (Wildman–Crippen LogP) is 6.81. The SMILES string of the molecule is CCCCCCCCOC(=O)c1c(CCCCCCCC)cccc1C(=O)O. The number of benzene rings is 1. The zero-order valence-corrected chi connectivity index (χ0v) is 17.8. The first kappa shape index (κ1) is 24.2. The van der Waals surface area contributed by atoms with E-state index in [1.807, 2.05) is 6.07 Å². The molecule has 4 nitrogen and oxygen atoms in total. The summed E-state index contributed by atoms with van der Waals surface area (Å²) in [6, 6.07) is 5.08.